The van der Waals surface area contributed by atoms with Gasteiger partial charge in [-0.2, -0.15) is 0 Å². The predicted molar refractivity (Wildman–Crippen MR) is 146 cm³/mol. The summed E-state index contributed by atoms with van der Waals surface area (Å²) < 4.78 is 13.4. The highest BCUT2D eigenvalue weighted by Crippen LogP contribution is 2.47. The van der Waals surface area contributed by atoms with Crippen LogP contribution in [0.15, 0.2) is 84.4 Å². The van der Waals surface area contributed by atoms with Crippen LogP contribution < -0.4 is 9.47 Å². The zero-order valence-electron chi connectivity index (χ0n) is 20.6. The molecule has 1 aliphatic heterocycles. The summed E-state index contributed by atoms with van der Waals surface area (Å²) in [7, 11) is 0. The largest absolute Gasteiger partial charge is 0.492 e. The van der Waals surface area contributed by atoms with E-state index < -0.39 is 0 Å². The molecule has 1 saturated carbocycles. The average Bonchev–Trinajstić information content (AvgIpc) is 3.00. The van der Waals surface area contributed by atoms with E-state index in [4.69, 9.17) is 9.47 Å². The number of ether oxygens (including phenoxy) is 2. The molecule has 6 rings (SSSR count). The molecule has 0 saturated heterocycles. The van der Waals surface area contributed by atoms with Crippen LogP contribution in [0.2, 0.25) is 0 Å². The predicted octanol–water partition coefficient (Wildman–Crippen LogP) is 8.96. The maximum atomic E-state index is 6.69. The van der Waals surface area contributed by atoms with E-state index in [1.807, 2.05) is 0 Å². The molecule has 0 N–H and O–H groups in total. The third-order valence-electron chi connectivity index (χ3n) is 8.00. The molecule has 0 atom stereocenters. The van der Waals surface area contributed by atoms with Crippen LogP contribution >= 0.6 is 0 Å². The average molecular weight is 463 g/mol. The Bertz CT molecular complexity index is 1280. The molecule has 4 aromatic carbocycles. The standard InChI is InChI=1S/C33H34O2/c1-2-3-8-23-13-15-24(16-14-23)27-21-34-30-19-17-25-9-4-6-11-28(25)32(30)33-29-12-7-5-10-26(29)18-20-31(33)35-22-27/h4-12,17-20,24,27H,2-3,13-16,21-22H2,1H3. The summed E-state index contributed by atoms with van der Waals surface area (Å²) in [5.41, 5.74) is 3.97. The number of benzene rings is 4. The molecule has 0 aromatic heterocycles. The molecule has 1 fully saturated rings. The second-order valence-corrected chi connectivity index (χ2v) is 10.2. The summed E-state index contributed by atoms with van der Waals surface area (Å²) in [6.45, 7) is 3.67. The molecule has 35 heavy (non-hydrogen) atoms. The molecule has 2 nitrogen and oxygen atoms in total. The normalized spacial score (nSPS) is 18.5. The molecule has 1 heterocycles. The van der Waals surface area contributed by atoms with Gasteiger partial charge in [-0.3, -0.25) is 0 Å². The van der Waals surface area contributed by atoms with Crippen LogP contribution in [0.4, 0.5) is 0 Å². The van der Waals surface area contributed by atoms with Crippen LogP contribution in [0.5, 0.6) is 11.5 Å². The summed E-state index contributed by atoms with van der Waals surface area (Å²) >= 11 is 0. The van der Waals surface area contributed by atoms with Gasteiger partial charge in [0.25, 0.3) is 0 Å². The first-order chi connectivity index (χ1) is 17.3. The van der Waals surface area contributed by atoms with Gasteiger partial charge in [-0.1, -0.05) is 85.7 Å². The van der Waals surface area contributed by atoms with Crippen molar-refractivity contribution in [3.63, 3.8) is 0 Å². The minimum atomic E-state index is 0.388. The second-order valence-electron chi connectivity index (χ2n) is 10.2. The zero-order chi connectivity index (χ0) is 23.6. The maximum absolute atomic E-state index is 6.69. The molecular formula is C33H34O2. The SMILES string of the molecule is CCCC=C1CCC(C2COc3ccc4ccccc4c3-c3c(ccc4ccccc34)OC2)CC1. The van der Waals surface area contributed by atoms with Crippen LogP contribution in [-0.4, -0.2) is 13.2 Å². The molecule has 2 aliphatic rings. The van der Waals surface area contributed by atoms with E-state index in [-0.39, 0.29) is 0 Å². The molecule has 0 amide bonds. The van der Waals surface area contributed by atoms with Crippen molar-refractivity contribution in [2.75, 3.05) is 13.2 Å². The fraction of sp³-hybridized carbons (Fsp3) is 0.333. The lowest BCUT2D eigenvalue weighted by molar-refractivity contribution is 0.117. The maximum Gasteiger partial charge on any atom is 0.127 e. The molecule has 1 aliphatic carbocycles. The third-order valence-corrected chi connectivity index (χ3v) is 8.00. The van der Waals surface area contributed by atoms with Crippen molar-refractivity contribution in [1.29, 1.82) is 0 Å². The lowest BCUT2D eigenvalue weighted by Gasteiger charge is -2.31. The highest BCUT2D eigenvalue weighted by molar-refractivity contribution is 6.09. The van der Waals surface area contributed by atoms with E-state index in [9.17, 15) is 0 Å². The summed E-state index contributed by atoms with van der Waals surface area (Å²) in [5, 5.41) is 4.88. The molecule has 2 heteroatoms. The second kappa shape index (κ2) is 9.77. The first-order valence-corrected chi connectivity index (χ1v) is 13.3. The number of hydrogen-bond donors (Lipinski definition) is 0. The Morgan fingerprint density at radius 1 is 0.686 bits per heavy atom. The highest BCUT2D eigenvalue weighted by atomic mass is 16.5. The number of allylic oxidation sites excluding steroid dienone is 2. The van der Waals surface area contributed by atoms with E-state index in [0.717, 1.165) is 22.6 Å². The van der Waals surface area contributed by atoms with E-state index in [1.165, 1.54) is 60.1 Å². The number of unbranched alkanes of at least 4 members (excludes halogenated alkanes) is 1. The summed E-state index contributed by atoms with van der Waals surface area (Å²) in [4.78, 5) is 0. The Kier molecular flexibility index (Phi) is 6.21. The number of rotatable bonds is 3. The lowest BCUT2D eigenvalue weighted by atomic mass is 9.78. The molecule has 0 spiro atoms. The molecule has 0 radical (unpaired) electrons. The lowest BCUT2D eigenvalue weighted by Crippen LogP contribution is -2.29. The molecular weight excluding hydrogens is 428 g/mol. The van der Waals surface area contributed by atoms with Gasteiger partial charge in [-0.25, -0.2) is 0 Å². The first kappa shape index (κ1) is 22.2. The van der Waals surface area contributed by atoms with Gasteiger partial charge in [-0.15, -0.1) is 0 Å². The van der Waals surface area contributed by atoms with Gasteiger partial charge in [0.05, 0.1) is 13.2 Å². The number of fused-ring (bicyclic) bond motifs is 7. The van der Waals surface area contributed by atoms with Crippen LogP contribution in [0.3, 0.4) is 0 Å². The smallest absolute Gasteiger partial charge is 0.127 e. The molecule has 4 aromatic rings. The third kappa shape index (κ3) is 4.31. The van der Waals surface area contributed by atoms with Gasteiger partial charge >= 0.3 is 0 Å². The Morgan fingerprint density at radius 2 is 1.23 bits per heavy atom. The Labute approximate surface area is 208 Å². The minimum absolute atomic E-state index is 0.388. The van der Waals surface area contributed by atoms with Crippen molar-refractivity contribution in [3.8, 4) is 22.6 Å². The van der Waals surface area contributed by atoms with Gasteiger partial charge in [0, 0.05) is 17.0 Å². The van der Waals surface area contributed by atoms with Gasteiger partial charge in [0.1, 0.15) is 11.5 Å². The van der Waals surface area contributed by atoms with Crippen LogP contribution in [0, 0.1) is 11.8 Å². The summed E-state index contributed by atoms with van der Waals surface area (Å²) in [5.74, 6) is 2.96. The number of hydrogen-bond acceptors (Lipinski definition) is 2. The van der Waals surface area contributed by atoms with E-state index in [1.54, 1.807) is 5.57 Å². The monoisotopic (exact) mass is 462 g/mol. The van der Waals surface area contributed by atoms with Crippen LogP contribution in [0.1, 0.15) is 45.4 Å². The van der Waals surface area contributed by atoms with E-state index >= 15 is 0 Å². The van der Waals surface area contributed by atoms with Crippen molar-refractivity contribution in [3.05, 3.63) is 84.4 Å². The van der Waals surface area contributed by atoms with Crippen molar-refractivity contribution in [2.24, 2.45) is 11.8 Å². The van der Waals surface area contributed by atoms with Gasteiger partial charge in [0.15, 0.2) is 0 Å². The van der Waals surface area contributed by atoms with Crippen molar-refractivity contribution >= 4 is 21.5 Å². The van der Waals surface area contributed by atoms with Crippen LogP contribution in [-0.2, 0) is 0 Å². The van der Waals surface area contributed by atoms with Crippen molar-refractivity contribution in [1.82, 2.24) is 0 Å². The molecule has 178 valence electrons. The van der Waals surface area contributed by atoms with Crippen LogP contribution in [0.25, 0.3) is 32.7 Å². The fourth-order valence-corrected chi connectivity index (χ4v) is 6.01. The van der Waals surface area contributed by atoms with E-state index in [0.29, 0.717) is 25.0 Å². The van der Waals surface area contributed by atoms with E-state index in [2.05, 4.69) is 85.8 Å². The quantitative estimate of drug-likeness (QED) is 0.283. The van der Waals surface area contributed by atoms with Gasteiger partial charge < -0.3 is 9.47 Å². The topological polar surface area (TPSA) is 18.5 Å². The highest BCUT2D eigenvalue weighted by Gasteiger charge is 2.29. The summed E-state index contributed by atoms with van der Waals surface area (Å²) in [6.07, 6.45) is 9.86. The van der Waals surface area contributed by atoms with Crippen molar-refractivity contribution < 1.29 is 9.47 Å². The Morgan fingerprint density at radius 3 is 1.77 bits per heavy atom. The minimum Gasteiger partial charge on any atom is -0.492 e. The fourth-order valence-electron chi connectivity index (χ4n) is 6.01. The zero-order valence-corrected chi connectivity index (χ0v) is 20.6. The van der Waals surface area contributed by atoms with Gasteiger partial charge in [0.2, 0.25) is 0 Å². The Hall–Kier alpha value is -3.26. The molecule has 0 unspecified atom stereocenters. The molecule has 0 bridgehead atoms. The summed E-state index contributed by atoms with van der Waals surface area (Å²) in [6, 6.07) is 26.0. The Balaban J connectivity index is 1.42. The first-order valence-electron chi connectivity index (χ1n) is 13.3. The van der Waals surface area contributed by atoms with Crippen molar-refractivity contribution in [2.45, 2.75) is 45.4 Å². The van der Waals surface area contributed by atoms with Gasteiger partial charge in [-0.05, 0) is 71.7 Å².